The number of aliphatic carboxylic acids is 1. The number of ether oxygens (including phenoxy) is 2. The van der Waals surface area contributed by atoms with E-state index in [9.17, 15) is 9.18 Å². The van der Waals surface area contributed by atoms with Gasteiger partial charge >= 0.3 is 5.97 Å². The minimum Gasteiger partial charge on any atom is -0.480 e. The molecule has 1 aliphatic rings. The maximum atomic E-state index is 14.5. The highest BCUT2D eigenvalue weighted by molar-refractivity contribution is 6.32. The number of hydrogen-bond donors (Lipinski definition) is 1. The number of hydrogen-bond acceptors (Lipinski definition) is 3. The monoisotopic (exact) mass is 514 g/mol. The van der Waals surface area contributed by atoms with Crippen LogP contribution in [0.5, 0.6) is 5.75 Å². The molecule has 1 saturated heterocycles. The van der Waals surface area contributed by atoms with Gasteiger partial charge in [-0.25, -0.2) is 9.18 Å². The van der Waals surface area contributed by atoms with Crippen LogP contribution >= 0.6 is 23.2 Å². The Morgan fingerprint density at radius 1 is 1.09 bits per heavy atom. The predicted octanol–water partition coefficient (Wildman–Crippen LogP) is 7.77. The van der Waals surface area contributed by atoms with Gasteiger partial charge in [0, 0.05) is 22.4 Å². The molecule has 0 unspecified atom stereocenters. The molecule has 0 aliphatic carbocycles. The molecule has 0 spiro atoms. The van der Waals surface area contributed by atoms with E-state index in [0.29, 0.717) is 17.0 Å². The van der Waals surface area contributed by atoms with E-state index in [-0.39, 0.29) is 28.7 Å². The van der Waals surface area contributed by atoms with Gasteiger partial charge in [-0.3, -0.25) is 0 Å². The molecule has 0 aromatic heterocycles. The highest BCUT2D eigenvalue weighted by Gasteiger charge is 2.42. The minimum absolute atomic E-state index is 0.0113. The number of benzene rings is 3. The van der Waals surface area contributed by atoms with E-state index in [1.54, 1.807) is 0 Å². The summed E-state index contributed by atoms with van der Waals surface area (Å²) in [5, 5.41) is 9.73. The normalized spacial score (nSPS) is 21.9. The molecule has 182 valence electrons. The van der Waals surface area contributed by atoms with E-state index >= 15 is 0 Å². The van der Waals surface area contributed by atoms with Crippen LogP contribution in [0.15, 0.2) is 78.9 Å². The lowest BCUT2D eigenvalue weighted by atomic mass is 9.74. The third-order valence-corrected chi connectivity index (χ3v) is 6.81. The molecule has 3 aromatic rings. The van der Waals surface area contributed by atoms with Gasteiger partial charge in [0.15, 0.2) is 6.61 Å². The summed E-state index contributed by atoms with van der Waals surface area (Å²) < 4.78 is 26.8. The second kappa shape index (κ2) is 10.8. The Morgan fingerprint density at radius 2 is 1.77 bits per heavy atom. The van der Waals surface area contributed by atoms with Crippen LogP contribution in [0.1, 0.15) is 48.2 Å². The average Bonchev–Trinajstić information content (AvgIpc) is 2.83. The second-order valence-electron chi connectivity index (χ2n) is 8.72. The van der Waals surface area contributed by atoms with Gasteiger partial charge < -0.3 is 14.6 Å². The van der Waals surface area contributed by atoms with E-state index < -0.39 is 24.5 Å². The van der Waals surface area contributed by atoms with Crippen LogP contribution in [-0.2, 0) is 9.53 Å². The lowest BCUT2D eigenvalue weighted by Crippen LogP contribution is -2.32. The van der Waals surface area contributed by atoms with Crippen LogP contribution in [0, 0.1) is 11.7 Å². The van der Waals surface area contributed by atoms with Gasteiger partial charge in [-0.2, -0.15) is 0 Å². The summed E-state index contributed by atoms with van der Waals surface area (Å²) in [5.41, 5.74) is 3.24. The third-order valence-electron chi connectivity index (χ3n) is 6.27. The van der Waals surface area contributed by atoms with Crippen LogP contribution < -0.4 is 4.74 Å². The first-order valence-electron chi connectivity index (χ1n) is 11.2. The molecular weight excluding hydrogens is 490 g/mol. The van der Waals surface area contributed by atoms with E-state index in [0.717, 1.165) is 22.8 Å². The largest absolute Gasteiger partial charge is 0.480 e. The van der Waals surface area contributed by atoms with Crippen molar-refractivity contribution in [2.45, 2.75) is 31.5 Å². The number of rotatable bonds is 7. The number of carboxylic acid groups (broad SMARTS) is 1. The molecule has 1 aliphatic heterocycles. The van der Waals surface area contributed by atoms with Gasteiger partial charge in [-0.15, -0.1) is 0 Å². The fourth-order valence-electron chi connectivity index (χ4n) is 4.67. The highest BCUT2D eigenvalue weighted by atomic mass is 35.5. The second-order valence-corrected chi connectivity index (χ2v) is 9.57. The van der Waals surface area contributed by atoms with E-state index in [1.165, 1.54) is 6.07 Å². The lowest BCUT2D eigenvalue weighted by Gasteiger charge is -2.43. The Hall–Kier alpha value is -2.86. The maximum absolute atomic E-state index is 14.5. The van der Waals surface area contributed by atoms with Gasteiger partial charge in [-0.05, 0) is 48.7 Å². The molecule has 4 rings (SSSR count). The molecule has 0 amide bonds. The molecule has 0 saturated carbocycles. The first-order valence-corrected chi connectivity index (χ1v) is 11.9. The van der Waals surface area contributed by atoms with Crippen molar-refractivity contribution in [3.8, 4) is 5.75 Å². The quantitative estimate of drug-likeness (QED) is 0.327. The Kier molecular flexibility index (Phi) is 7.80. The highest BCUT2D eigenvalue weighted by Crippen LogP contribution is 2.53. The Bertz CT molecular complexity index is 1210. The smallest absolute Gasteiger partial charge is 0.341 e. The molecule has 0 bridgehead atoms. The van der Waals surface area contributed by atoms with Crippen LogP contribution in [0.2, 0.25) is 10.0 Å². The molecule has 7 heteroatoms. The van der Waals surface area contributed by atoms with Crippen molar-refractivity contribution in [2.24, 2.45) is 5.92 Å². The summed E-state index contributed by atoms with van der Waals surface area (Å²) in [6.45, 7) is 5.47. The Labute approximate surface area is 213 Å². The predicted molar refractivity (Wildman–Crippen MR) is 135 cm³/mol. The van der Waals surface area contributed by atoms with E-state index in [1.807, 2.05) is 49.4 Å². The lowest BCUT2D eigenvalue weighted by molar-refractivity contribution is -0.139. The summed E-state index contributed by atoms with van der Waals surface area (Å²) in [4.78, 5) is 11.2. The summed E-state index contributed by atoms with van der Waals surface area (Å²) in [6, 6.07) is 19.9. The van der Waals surface area contributed by atoms with Crippen LogP contribution in [0.3, 0.4) is 0 Å². The van der Waals surface area contributed by atoms with Gasteiger partial charge in [0.05, 0.1) is 17.2 Å². The van der Waals surface area contributed by atoms with Crippen molar-refractivity contribution in [1.82, 2.24) is 0 Å². The molecular formula is C28H25Cl2FO4. The standard InChI is InChI=1S/C28H25Cl2FO4/c1-16(2)21-14-22(17-6-4-3-5-7-17)26(18-8-10-19(29)11-9-18)35-27(21)23-12-20(31)13-24(30)28(23)34-15-25(32)33/h3-13,21-22,26-27H,1,14-15H2,2H3,(H,32,33)/t21-,22-,26+,27+/m1/s1. The average molecular weight is 515 g/mol. The van der Waals surface area contributed by atoms with Crippen molar-refractivity contribution in [3.63, 3.8) is 0 Å². The fraction of sp³-hybridized carbons (Fsp3) is 0.250. The maximum Gasteiger partial charge on any atom is 0.341 e. The summed E-state index contributed by atoms with van der Waals surface area (Å²) >= 11 is 12.4. The zero-order valence-corrected chi connectivity index (χ0v) is 20.6. The van der Waals surface area contributed by atoms with Crippen molar-refractivity contribution in [3.05, 3.63) is 111 Å². The summed E-state index contributed by atoms with van der Waals surface area (Å²) in [6.07, 6.45) is -0.376. The zero-order valence-electron chi connectivity index (χ0n) is 19.1. The number of carbonyl (C=O) groups is 1. The van der Waals surface area contributed by atoms with Gasteiger partial charge in [0.2, 0.25) is 0 Å². The molecule has 1 heterocycles. The topological polar surface area (TPSA) is 55.8 Å². The number of halogens is 3. The third kappa shape index (κ3) is 5.69. The molecule has 4 nitrogen and oxygen atoms in total. The molecule has 4 atom stereocenters. The fourth-order valence-corrected chi connectivity index (χ4v) is 5.06. The SMILES string of the molecule is C=C(C)[C@H]1C[C@H](c2ccccc2)[C@H](c2ccc(Cl)cc2)O[C@@H]1c1cc(F)cc(Cl)c1OCC(=O)O. The molecule has 3 aromatic carbocycles. The molecule has 1 N–H and O–H groups in total. The van der Waals surface area contributed by atoms with Gasteiger partial charge in [0.25, 0.3) is 0 Å². The first kappa shape index (κ1) is 25.2. The van der Waals surface area contributed by atoms with Crippen LogP contribution in [0.4, 0.5) is 4.39 Å². The number of carboxylic acids is 1. The van der Waals surface area contributed by atoms with E-state index in [2.05, 4.69) is 18.7 Å². The van der Waals surface area contributed by atoms with Gasteiger partial charge in [0.1, 0.15) is 11.6 Å². The molecule has 35 heavy (non-hydrogen) atoms. The first-order chi connectivity index (χ1) is 16.7. The zero-order chi connectivity index (χ0) is 25.1. The van der Waals surface area contributed by atoms with Crippen molar-refractivity contribution < 1.29 is 23.8 Å². The van der Waals surface area contributed by atoms with E-state index in [4.69, 9.17) is 37.8 Å². The van der Waals surface area contributed by atoms with Gasteiger partial charge in [-0.1, -0.05) is 77.8 Å². The van der Waals surface area contributed by atoms with Crippen molar-refractivity contribution in [2.75, 3.05) is 6.61 Å². The summed E-state index contributed by atoms with van der Waals surface area (Å²) in [7, 11) is 0. The van der Waals surface area contributed by atoms with Crippen molar-refractivity contribution in [1.29, 1.82) is 0 Å². The minimum atomic E-state index is -1.17. The Morgan fingerprint density at radius 3 is 2.40 bits per heavy atom. The van der Waals surface area contributed by atoms with Crippen LogP contribution in [0.25, 0.3) is 0 Å². The Balaban J connectivity index is 1.83. The van der Waals surface area contributed by atoms with Crippen LogP contribution in [-0.4, -0.2) is 17.7 Å². The molecule has 1 fully saturated rings. The van der Waals surface area contributed by atoms with Crippen molar-refractivity contribution >= 4 is 29.2 Å². The molecule has 0 radical (unpaired) electrons. The summed E-state index contributed by atoms with van der Waals surface area (Å²) in [5.74, 6) is -1.85.